The second kappa shape index (κ2) is 6.82. The fourth-order valence-electron chi connectivity index (χ4n) is 3.75. The highest BCUT2D eigenvalue weighted by Crippen LogP contribution is 2.27. The number of aromatic nitrogens is 4. The van der Waals surface area contributed by atoms with Gasteiger partial charge < -0.3 is 9.80 Å². The molecule has 4 heterocycles. The Bertz CT molecular complexity index is 752. The van der Waals surface area contributed by atoms with Crippen LogP contribution in [0.4, 0.5) is 5.95 Å². The van der Waals surface area contributed by atoms with Crippen LogP contribution in [-0.2, 0) is 0 Å². The summed E-state index contributed by atoms with van der Waals surface area (Å²) in [5.41, 5.74) is 2.61. The van der Waals surface area contributed by atoms with Crippen molar-refractivity contribution in [3.05, 3.63) is 35.4 Å². The van der Waals surface area contributed by atoms with Crippen LogP contribution in [0.1, 0.15) is 53.5 Å². The smallest absolute Gasteiger partial charge is 0.272 e. The zero-order chi connectivity index (χ0) is 17.2. The minimum Gasteiger partial charge on any atom is -0.341 e. The number of nitrogens with one attached hydrogen (secondary N) is 1. The van der Waals surface area contributed by atoms with Crippen LogP contribution in [0.3, 0.4) is 0 Å². The average Bonchev–Trinajstić information content (AvgIpc) is 3.33. The van der Waals surface area contributed by atoms with Crippen molar-refractivity contribution in [3.63, 3.8) is 0 Å². The molecule has 7 heteroatoms. The van der Waals surface area contributed by atoms with Gasteiger partial charge in [0.1, 0.15) is 5.69 Å². The molecule has 0 bridgehead atoms. The van der Waals surface area contributed by atoms with Crippen LogP contribution < -0.4 is 4.90 Å². The SMILES string of the molecule is Cc1cc(C2CCCN(C(=O)c3ccnc(N4CCCC4)n3)C2)n[nH]1. The van der Waals surface area contributed by atoms with Crippen molar-refractivity contribution in [1.82, 2.24) is 25.1 Å². The highest BCUT2D eigenvalue weighted by molar-refractivity contribution is 5.92. The van der Waals surface area contributed by atoms with Gasteiger partial charge in [0, 0.05) is 44.0 Å². The number of carbonyl (C=O) groups excluding carboxylic acids is 1. The van der Waals surface area contributed by atoms with Crippen molar-refractivity contribution in [2.24, 2.45) is 0 Å². The summed E-state index contributed by atoms with van der Waals surface area (Å²) in [6.07, 6.45) is 6.09. The van der Waals surface area contributed by atoms with Gasteiger partial charge in [0.05, 0.1) is 5.69 Å². The lowest BCUT2D eigenvalue weighted by Gasteiger charge is -2.31. The standard InChI is InChI=1S/C18H24N6O/c1-13-11-16(22-21-13)14-5-4-10-24(12-14)17(25)15-6-7-19-18(20-15)23-8-2-3-9-23/h6-7,11,14H,2-5,8-10,12H2,1H3,(H,21,22). The first-order valence-corrected chi connectivity index (χ1v) is 9.10. The van der Waals surface area contributed by atoms with Crippen LogP contribution in [-0.4, -0.2) is 57.2 Å². The molecule has 0 aromatic carbocycles. The highest BCUT2D eigenvalue weighted by atomic mass is 16.2. The minimum absolute atomic E-state index is 0.000181. The van der Waals surface area contributed by atoms with E-state index in [1.54, 1.807) is 12.3 Å². The van der Waals surface area contributed by atoms with Gasteiger partial charge in [-0.3, -0.25) is 9.89 Å². The van der Waals surface area contributed by atoms with Gasteiger partial charge in [0.2, 0.25) is 5.95 Å². The van der Waals surface area contributed by atoms with Gasteiger partial charge in [-0.2, -0.15) is 5.10 Å². The predicted octanol–water partition coefficient (Wildman–Crippen LogP) is 2.13. The van der Waals surface area contributed by atoms with Gasteiger partial charge in [-0.15, -0.1) is 0 Å². The van der Waals surface area contributed by atoms with Crippen LogP contribution in [0.2, 0.25) is 0 Å². The minimum atomic E-state index is -0.000181. The Morgan fingerprint density at radius 1 is 1.24 bits per heavy atom. The third kappa shape index (κ3) is 3.36. The molecule has 0 aliphatic carbocycles. The molecule has 1 unspecified atom stereocenters. The molecule has 25 heavy (non-hydrogen) atoms. The molecule has 0 spiro atoms. The predicted molar refractivity (Wildman–Crippen MR) is 94.7 cm³/mol. The number of aryl methyl sites for hydroxylation is 1. The first-order chi connectivity index (χ1) is 12.2. The van der Waals surface area contributed by atoms with Crippen LogP contribution >= 0.6 is 0 Å². The number of hydrogen-bond donors (Lipinski definition) is 1. The van der Waals surface area contributed by atoms with Gasteiger partial charge in [-0.1, -0.05) is 0 Å². The molecule has 0 saturated carbocycles. The second-order valence-electron chi connectivity index (χ2n) is 7.00. The Kier molecular flexibility index (Phi) is 4.38. The molecule has 0 radical (unpaired) electrons. The number of hydrogen-bond acceptors (Lipinski definition) is 5. The Balaban J connectivity index is 1.49. The fraction of sp³-hybridized carbons (Fsp3) is 0.556. The number of aromatic amines is 1. The number of anilines is 1. The summed E-state index contributed by atoms with van der Waals surface area (Å²) in [6, 6.07) is 3.80. The molecule has 2 aliphatic heterocycles. The zero-order valence-corrected chi connectivity index (χ0v) is 14.6. The summed E-state index contributed by atoms with van der Waals surface area (Å²) < 4.78 is 0. The van der Waals surface area contributed by atoms with E-state index >= 15 is 0 Å². The van der Waals surface area contributed by atoms with Crippen LogP contribution in [0.5, 0.6) is 0 Å². The van der Waals surface area contributed by atoms with E-state index in [2.05, 4.69) is 31.1 Å². The lowest BCUT2D eigenvalue weighted by Crippen LogP contribution is -2.39. The lowest BCUT2D eigenvalue weighted by molar-refractivity contribution is 0.0700. The molecular weight excluding hydrogens is 316 g/mol. The summed E-state index contributed by atoms with van der Waals surface area (Å²) in [5.74, 6) is 0.974. The zero-order valence-electron chi connectivity index (χ0n) is 14.6. The largest absolute Gasteiger partial charge is 0.341 e. The molecule has 2 saturated heterocycles. The van der Waals surface area contributed by atoms with Crippen molar-refractivity contribution < 1.29 is 4.79 Å². The molecule has 4 rings (SSSR count). The molecule has 7 nitrogen and oxygen atoms in total. The average molecular weight is 340 g/mol. The summed E-state index contributed by atoms with van der Waals surface area (Å²) >= 11 is 0. The van der Waals surface area contributed by atoms with Crippen molar-refractivity contribution in [2.45, 2.75) is 38.5 Å². The number of nitrogens with zero attached hydrogens (tertiary/aromatic N) is 5. The molecule has 1 amide bonds. The summed E-state index contributed by atoms with van der Waals surface area (Å²) in [7, 11) is 0. The van der Waals surface area contributed by atoms with E-state index in [4.69, 9.17) is 0 Å². The molecule has 2 aromatic rings. The Morgan fingerprint density at radius 3 is 2.84 bits per heavy atom. The van der Waals surface area contributed by atoms with E-state index in [-0.39, 0.29) is 5.91 Å². The molecule has 1 atom stereocenters. The van der Waals surface area contributed by atoms with E-state index in [1.807, 2.05) is 11.8 Å². The highest BCUT2D eigenvalue weighted by Gasteiger charge is 2.28. The van der Waals surface area contributed by atoms with Crippen molar-refractivity contribution >= 4 is 11.9 Å². The Labute approximate surface area is 147 Å². The number of likely N-dealkylation sites (tertiary alicyclic amines) is 1. The number of piperidine rings is 1. The third-order valence-corrected chi connectivity index (χ3v) is 5.10. The summed E-state index contributed by atoms with van der Waals surface area (Å²) in [6.45, 7) is 5.43. The van der Waals surface area contributed by atoms with Crippen molar-refractivity contribution in [3.8, 4) is 0 Å². The number of H-pyrrole nitrogens is 1. The molecule has 132 valence electrons. The van der Waals surface area contributed by atoms with E-state index in [0.29, 0.717) is 24.1 Å². The van der Waals surface area contributed by atoms with Crippen LogP contribution in [0, 0.1) is 6.92 Å². The Morgan fingerprint density at radius 2 is 2.08 bits per heavy atom. The van der Waals surface area contributed by atoms with Crippen LogP contribution in [0.25, 0.3) is 0 Å². The molecule has 2 aromatic heterocycles. The maximum absolute atomic E-state index is 12.9. The Hall–Kier alpha value is -2.44. The first-order valence-electron chi connectivity index (χ1n) is 9.10. The number of rotatable bonds is 3. The summed E-state index contributed by atoms with van der Waals surface area (Å²) in [4.78, 5) is 25.9. The fourth-order valence-corrected chi connectivity index (χ4v) is 3.75. The van der Waals surface area contributed by atoms with Gasteiger partial charge in [-0.25, -0.2) is 9.97 Å². The van der Waals surface area contributed by atoms with E-state index in [1.165, 1.54) is 12.8 Å². The van der Waals surface area contributed by atoms with E-state index < -0.39 is 0 Å². The van der Waals surface area contributed by atoms with Crippen LogP contribution in [0.15, 0.2) is 18.3 Å². The van der Waals surface area contributed by atoms with Gasteiger partial charge >= 0.3 is 0 Å². The third-order valence-electron chi connectivity index (χ3n) is 5.10. The maximum Gasteiger partial charge on any atom is 0.272 e. The van der Waals surface area contributed by atoms with E-state index in [0.717, 1.165) is 43.9 Å². The van der Waals surface area contributed by atoms with Gasteiger partial charge in [0.15, 0.2) is 0 Å². The van der Waals surface area contributed by atoms with Gasteiger partial charge in [0.25, 0.3) is 5.91 Å². The normalized spacial score (nSPS) is 20.9. The molecule has 2 fully saturated rings. The topological polar surface area (TPSA) is 78.0 Å². The van der Waals surface area contributed by atoms with Crippen molar-refractivity contribution in [2.75, 3.05) is 31.1 Å². The number of carbonyl (C=O) groups is 1. The monoisotopic (exact) mass is 340 g/mol. The second-order valence-corrected chi connectivity index (χ2v) is 7.00. The molecular formula is C18H24N6O. The number of amides is 1. The summed E-state index contributed by atoms with van der Waals surface area (Å²) in [5, 5.41) is 7.38. The van der Waals surface area contributed by atoms with E-state index in [9.17, 15) is 4.79 Å². The lowest BCUT2D eigenvalue weighted by atomic mass is 9.94. The van der Waals surface area contributed by atoms with Gasteiger partial charge in [-0.05, 0) is 44.7 Å². The quantitative estimate of drug-likeness (QED) is 0.926. The molecule has 2 aliphatic rings. The first kappa shape index (κ1) is 16.1. The van der Waals surface area contributed by atoms with Crippen molar-refractivity contribution in [1.29, 1.82) is 0 Å². The molecule has 1 N–H and O–H groups in total. The maximum atomic E-state index is 12.9.